The van der Waals surface area contributed by atoms with Crippen LogP contribution in [0.1, 0.15) is 39.4 Å². The lowest BCUT2D eigenvalue weighted by Gasteiger charge is -2.37. The van der Waals surface area contributed by atoms with E-state index in [1.165, 1.54) is 6.08 Å². The Morgan fingerprint density at radius 3 is 1.76 bits per heavy atom. The first kappa shape index (κ1) is 35.5. The summed E-state index contributed by atoms with van der Waals surface area (Å²) in [6.45, 7) is 3.53. The largest absolute Gasteiger partial charge is 0.449 e. The van der Waals surface area contributed by atoms with Crippen molar-refractivity contribution in [2.45, 2.75) is 23.9 Å². The van der Waals surface area contributed by atoms with Gasteiger partial charge in [0.05, 0.1) is 12.0 Å². The molecule has 54 heavy (non-hydrogen) atoms. The number of alkyl carbamates (subject to hydrolysis) is 1. The van der Waals surface area contributed by atoms with Gasteiger partial charge in [-0.25, -0.2) is 20.0 Å². The van der Waals surface area contributed by atoms with E-state index in [-0.39, 0.29) is 25.6 Å². The Hall–Kier alpha value is -6.94. The van der Waals surface area contributed by atoms with Crippen molar-refractivity contribution in [1.29, 1.82) is 0 Å². The van der Waals surface area contributed by atoms with E-state index >= 15 is 0 Å². The summed E-state index contributed by atoms with van der Waals surface area (Å²) in [5, 5.41) is 2.72. The lowest BCUT2D eigenvalue weighted by atomic mass is 9.77. The molecule has 0 saturated carbocycles. The zero-order chi connectivity index (χ0) is 37.3. The second kappa shape index (κ2) is 16.2. The summed E-state index contributed by atoms with van der Waals surface area (Å²) < 4.78 is 12.7. The van der Waals surface area contributed by atoms with Gasteiger partial charge in [0.15, 0.2) is 0 Å². The minimum Gasteiger partial charge on any atom is -0.449 e. The maximum Gasteiger partial charge on any atom is 0.426 e. The number of hydrogen-bond acceptors (Lipinski definition) is 6. The molecule has 0 fully saturated rings. The Morgan fingerprint density at radius 1 is 0.704 bits per heavy atom. The van der Waals surface area contributed by atoms with Gasteiger partial charge in [-0.3, -0.25) is 10.2 Å². The molecule has 270 valence electrons. The van der Waals surface area contributed by atoms with E-state index in [0.717, 1.165) is 38.9 Å². The molecule has 1 heterocycles. The van der Waals surface area contributed by atoms with E-state index in [4.69, 9.17) is 14.5 Å². The Morgan fingerprint density at radius 2 is 1.22 bits per heavy atom. The van der Waals surface area contributed by atoms with Gasteiger partial charge in [0.1, 0.15) is 24.8 Å². The number of fused-ring (bicyclic) bond motifs is 3. The van der Waals surface area contributed by atoms with Gasteiger partial charge in [-0.15, -0.1) is 0 Å². The molecule has 10 nitrogen and oxygen atoms in total. The molecule has 0 unspecified atom stereocenters. The first-order valence-electron chi connectivity index (χ1n) is 17.6. The molecule has 1 aliphatic rings. The second-order valence-electron chi connectivity index (χ2n) is 12.8. The number of hydrazine groups is 1. The summed E-state index contributed by atoms with van der Waals surface area (Å²) in [6.07, 6.45) is 3.30. The van der Waals surface area contributed by atoms with Gasteiger partial charge in [0, 0.05) is 18.5 Å². The van der Waals surface area contributed by atoms with Gasteiger partial charge in [0.25, 0.3) is 5.91 Å². The molecule has 3 amide bonds. The average Bonchev–Trinajstić information content (AvgIpc) is 3.82. The van der Waals surface area contributed by atoms with E-state index < -0.39 is 29.7 Å². The number of nitrogens with one attached hydrogen (secondary N) is 3. The summed E-state index contributed by atoms with van der Waals surface area (Å²) in [4.78, 5) is 44.0. The molecule has 0 aliphatic heterocycles. The number of rotatable bonds is 12. The molecular formula is C44H39N5O5. The summed E-state index contributed by atoms with van der Waals surface area (Å²) in [6, 6.07) is 45.3. The average molecular weight is 718 g/mol. The fourth-order valence-electron chi connectivity index (χ4n) is 7.21. The molecule has 1 aromatic heterocycles. The number of nitrogens with zero attached hydrogens (tertiary/aromatic N) is 2. The van der Waals surface area contributed by atoms with Gasteiger partial charge >= 0.3 is 12.2 Å². The van der Waals surface area contributed by atoms with Crippen LogP contribution in [0.5, 0.6) is 0 Å². The third kappa shape index (κ3) is 7.22. The Balaban J connectivity index is 1.17. The SMILES string of the molecule is C=CCOC(=O)NNC(=O)[C@H](Cc1cn(C(c2ccccc2)(c2ccccc2)c2ccccc2)cn1)NC(=O)OCC1c2ccccc2-c2ccccc21. The monoisotopic (exact) mass is 717 g/mol. The topological polar surface area (TPSA) is 124 Å². The van der Waals surface area contributed by atoms with Gasteiger partial charge < -0.3 is 19.4 Å². The number of ether oxygens (including phenoxy) is 2. The fraction of sp³-hybridized carbons (Fsp3) is 0.136. The summed E-state index contributed by atoms with van der Waals surface area (Å²) in [5.74, 6) is -0.872. The number of imidazole rings is 1. The maximum absolute atomic E-state index is 13.6. The van der Waals surface area contributed by atoms with Crippen LogP contribution in [0.15, 0.2) is 165 Å². The van der Waals surface area contributed by atoms with E-state index in [1.807, 2.05) is 102 Å². The highest BCUT2D eigenvalue weighted by Crippen LogP contribution is 2.44. The van der Waals surface area contributed by atoms with Gasteiger partial charge in [-0.1, -0.05) is 152 Å². The lowest BCUT2D eigenvalue weighted by molar-refractivity contribution is -0.124. The third-order valence-corrected chi connectivity index (χ3v) is 9.58. The third-order valence-electron chi connectivity index (χ3n) is 9.58. The Kier molecular flexibility index (Phi) is 10.6. The minimum atomic E-state index is -1.19. The first-order chi connectivity index (χ1) is 26.5. The van der Waals surface area contributed by atoms with Crippen LogP contribution in [0.2, 0.25) is 0 Å². The normalized spacial score (nSPS) is 12.4. The Bertz CT molecular complexity index is 2100. The highest BCUT2D eigenvalue weighted by molar-refractivity contribution is 5.87. The molecule has 10 heteroatoms. The van der Waals surface area contributed by atoms with E-state index in [0.29, 0.717) is 5.69 Å². The molecular weight excluding hydrogens is 679 g/mol. The van der Waals surface area contributed by atoms with Crippen LogP contribution >= 0.6 is 0 Å². The quantitative estimate of drug-likeness (QED) is 0.0704. The Labute approximate surface area is 313 Å². The van der Waals surface area contributed by atoms with Crippen molar-refractivity contribution in [3.05, 3.63) is 198 Å². The number of aromatic nitrogens is 2. The molecule has 1 aliphatic carbocycles. The molecule has 3 N–H and O–H groups in total. The molecule has 7 rings (SSSR count). The smallest absolute Gasteiger partial charge is 0.426 e. The standard InChI is InChI=1S/C44H39N5O5/c1-2-26-53-43(52)48-47-41(50)40(46-42(51)54-29-39-37-24-14-12-22-35(37)36-23-13-15-25-38(36)39)27-34-28-49(30-45-34)44(31-16-6-3-7-17-31,32-18-8-4-9-19-32)33-20-10-5-11-21-33/h2-25,28,30,39-40H,1,26-27,29H2,(H,46,51)(H,47,50)(H,48,52)/t40-/m0/s1. The number of carbonyl (C=O) groups excluding carboxylic acids is 3. The van der Waals surface area contributed by atoms with Crippen LogP contribution in [0.4, 0.5) is 9.59 Å². The van der Waals surface area contributed by atoms with Crippen molar-refractivity contribution >= 4 is 18.1 Å². The second-order valence-corrected chi connectivity index (χ2v) is 12.8. The fourth-order valence-corrected chi connectivity index (χ4v) is 7.21. The van der Waals surface area contributed by atoms with Crippen LogP contribution in [-0.2, 0) is 26.2 Å². The zero-order valence-corrected chi connectivity index (χ0v) is 29.4. The first-order valence-corrected chi connectivity index (χ1v) is 17.6. The van der Waals surface area contributed by atoms with Crippen molar-refractivity contribution in [2.75, 3.05) is 13.2 Å². The molecule has 6 aromatic rings. The van der Waals surface area contributed by atoms with E-state index in [9.17, 15) is 14.4 Å². The molecule has 0 saturated heterocycles. The van der Waals surface area contributed by atoms with Crippen LogP contribution in [-0.4, -0.2) is 46.9 Å². The van der Waals surface area contributed by atoms with Crippen LogP contribution in [0.25, 0.3) is 11.1 Å². The summed E-state index contributed by atoms with van der Waals surface area (Å²) in [7, 11) is 0. The van der Waals surface area contributed by atoms with Crippen molar-refractivity contribution in [3.8, 4) is 11.1 Å². The number of benzene rings is 5. The zero-order valence-electron chi connectivity index (χ0n) is 29.4. The number of carbonyl (C=O) groups is 3. The minimum absolute atomic E-state index is 0.0269. The lowest BCUT2D eigenvalue weighted by Crippen LogP contribution is -2.53. The highest BCUT2D eigenvalue weighted by Gasteiger charge is 2.39. The van der Waals surface area contributed by atoms with Crippen molar-refractivity contribution in [1.82, 2.24) is 25.7 Å². The van der Waals surface area contributed by atoms with Crippen molar-refractivity contribution in [3.63, 3.8) is 0 Å². The predicted octanol–water partition coefficient (Wildman–Crippen LogP) is 7.12. The predicted molar refractivity (Wildman–Crippen MR) is 205 cm³/mol. The number of amides is 3. The van der Waals surface area contributed by atoms with Crippen LogP contribution < -0.4 is 16.2 Å². The summed E-state index contributed by atoms with van der Waals surface area (Å²) in [5.41, 5.74) is 11.6. The van der Waals surface area contributed by atoms with E-state index in [1.54, 1.807) is 6.33 Å². The molecule has 5 aromatic carbocycles. The highest BCUT2D eigenvalue weighted by atomic mass is 16.6. The van der Waals surface area contributed by atoms with Gasteiger partial charge in [-0.05, 0) is 38.9 Å². The van der Waals surface area contributed by atoms with E-state index in [2.05, 4.69) is 71.3 Å². The van der Waals surface area contributed by atoms with Gasteiger partial charge in [-0.2, -0.15) is 0 Å². The molecule has 0 spiro atoms. The molecule has 0 bridgehead atoms. The van der Waals surface area contributed by atoms with Gasteiger partial charge in [0.2, 0.25) is 0 Å². The maximum atomic E-state index is 13.6. The van der Waals surface area contributed by atoms with Crippen molar-refractivity contribution < 1.29 is 23.9 Å². The van der Waals surface area contributed by atoms with Crippen LogP contribution in [0.3, 0.4) is 0 Å². The molecule has 0 radical (unpaired) electrons. The van der Waals surface area contributed by atoms with Crippen molar-refractivity contribution in [2.24, 2.45) is 0 Å². The molecule has 1 atom stereocenters. The van der Waals surface area contributed by atoms with Crippen LogP contribution in [0, 0.1) is 0 Å². The number of hydrogen-bond donors (Lipinski definition) is 3. The summed E-state index contributed by atoms with van der Waals surface area (Å²) >= 11 is 0.